The zero-order valence-electron chi connectivity index (χ0n) is 14.7. The van der Waals surface area contributed by atoms with Crippen molar-refractivity contribution >= 4 is 27.3 Å². The number of carbonyl (C=O) groups is 1. The van der Waals surface area contributed by atoms with E-state index in [0.29, 0.717) is 13.1 Å². The Labute approximate surface area is 152 Å². The third-order valence-corrected chi connectivity index (χ3v) is 6.48. The zero-order chi connectivity index (χ0) is 17.2. The molecule has 2 aromatic rings. The highest BCUT2D eigenvalue weighted by Gasteiger charge is 2.29. The van der Waals surface area contributed by atoms with E-state index in [9.17, 15) is 4.79 Å². The van der Waals surface area contributed by atoms with Crippen molar-refractivity contribution in [2.45, 2.75) is 44.8 Å². The summed E-state index contributed by atoms with van der Waals surface area (Å²) in [6.45, 7) is 5.03. The largest absolute Gasteiger partial charge is 0.376 e. The van der Waals surface area contributed by atoms with Crippen molar-refractivity contribution < 1.29 is 14.3 Å². The Balaban J connectivity index is 1.59. The van der Waals surface area contributed by atoms with Crippen molar-refractivity contribution in [2.75, 3.05) is 26.3 Å². The minimum absolute atomic E-state index is 0.129. The molecule has 2 aliphatic heterocycles. The molecular formula is C20H25NO3S. The van der Waals surface area contributed by atoms with Gasteiger partial charge >= 0.3 is 0 Å². The van der Waals surface area contributed by atoms with Crippen LogP contribution < -0.4 is 0 Å². The maximum absolute atomic E-state index is 13.3. The molecule has 4 rings (SSSR count). The van der Waals surface area contributed by atoms with Gasteiger partial charge in [0.25, 0.3) is 5.91 Å². The lowest BCUT2D eigenvalue weighted by Crippen LogP contribution is -2.41. The van der Waals surface area contributed by atoms with Crippen LogP contribution in [0.15, 0.2) is 24.3 Å². The standard InChI is InChI=1S/C20H25NO3S/c1-14-17-8-2-3-9-18(17)25-19(14)20(22)21(12-15-6-4-10-23-15)13-16-7-5-11-24-16/h2-3,8-9,15-16H,4-7,10-13H2,1H3/t15-,16-/m1/s1. The summed E-state index contributed by atoms with van der Waals surface area (Å²) in [5.74, 6) is 0.129. The average Bonchev–Trinajstić information content (AvgIpc) is 3.36. The van der Waals surface area contributed by atoms with Crippen LogP contribution in [0.1, 0.15) is 40.9 Å². The van der Waals surface area contributed by atoms with Gasteiger partial charge in [0.2, 0.25) is 0 Å². The lowest BCUT2D eigenvalue weighted by molar-refractivity contribution is 0.0310. The summed E-state index contributed by atoms with van der Waals surface area (Å²) in [6.07, 6.45) is 4.60. The van der Waals surface area contributed by atoms with Crippen LogP contribution in [0.3, 0.4) is 0 Å². The minimum atomic E-state index is 0.129. The van der Waals surface area contributed by atoms with Gasteiger partial charge in [0.05, 0.1) is 17.1 Å². The summed E-state index contributed by atoms with van der Waals surface area (Å²) in [5, 5.41) is 1.19. The summed E-state index contributed by atoms with van der Waals surface area (Å²) in [5.41, 5.74) is 1.09. The van der Waals surface area contributed by atoms with Crippen LogP contribution in [0.2, 0.25) is 0 Å². The summed E-state index contributed by atoms with van der Waals surface area (Å²) in [4.78, 5) is 16.2. The van der Waals surface area contributed by atoms with E-state index in [1.165, 1.54) is 10.1 Å². The predicted molar refractivity (Wildman–Crippen MR) is 100 cm³/mol. The molecule has 2 aliphatic rings. The molecule has 2 fully saturated rings. The first-order valence-corrected chi connectivity index (χ1v) is 10.0. The molecule has 0 unspecified atom stereocenters. The Morgan fingerprint density at radius 2 is 1.76 bits per heavy atom. The highest BCUT2D eigenvalue weighted by Crippen LogP contribution is 2.32. The molecule has 5 heteroatoms. The summed E-state index contributed by atoms with van der Waals surface area (Å²) < 4.78 is 12.8. The Kier molecular flexibility index (Phi) is 5.06. The zero-order valence-corrected chi connectivity index (χ0v) is 15.5. The van der Waals surface area contributed by atoms with E-state index >= 15 is 0 Å². The van der Waals surface area contributed by atoms with Crippen LogP contribution >= 0.6 is 11.3 Å². The minimum Gasteiger partial charge on any atom is -0.376 e. The fourth-order valence-corrected chi connectivity index (χ4v) is 5.01. The van der Waals surface area contributed by atoms with E-state index in [0.717, 1.165) is 49.3 Å². The van der Waals surface area contributed by atoms with E-state index in [1.54, 1.807) is 11.3 Å². The molecule has 0 N–H and O–H groups in total. The fraction of sp³-hybridized carbons (Fsp3) is 0.550. The van der Waals surface area contributed by atoms with Gasteiger partial charge < -0.3 is 14.4 Å². The lowest BCUT2D eigenvalue weighted by atomic mass is 10.1. The number of hydrogen-bond acceptors (Lipinski definition) is 4. The number of hydrogen-bond donors (Lipinski definition) is 0. The van der Waals surface area contributed by atoms with E-state index in [2.05, 4.69) is 19.1 Å². The molecule has 1 aromatic heterocycles. The van der Waals surface area contributed by atoms with Crippen LogP contribution in [0.4, 0.5) is 0 Å². The number of ether oxygens (including phenoxy) is 2. The number of carbonyl (C=O) groups excluding carboxylic acids is 1. The van der Waals surface area contributed by atoms with Crippen LogP contribution in [0, 0.1) is 6.92 Å². The fourth-order valence-electron chi connectivity index (χ4n) is 3.83. The SMILES string of the molecule is Cc1c(C(=O)N(C[C@H]2CCCO2)C[C@H]2CCCO2)sc2ccccc12. The third-order valence-electron chi connectivity index (χ3n) is 5.22. The van der Waals surface area contributed by atoms with Crippen LogP contribution in [0.5, 0.6) is 0 Å². The van der Waals surface area contributed by atoms with Crippen LogP contribution in [-0.2, 0) is 9.47 Å². The van der Waals surface area contributed by atoms with E-state index in [-0.39, 0.29) is 18.1 Å². The monoisotopic (exact) mass is 359 g/mol. The van der Waals surface area contributed by atoms with Gasteiger partial charge in [0.15, 0.2) is 0 Å². The van der Waals surface area contributed by atoms with Gasteiger partial charge in [-0.1, -0.05) is 18.2 Å². The van der Waals surface area contributed by atoms with Crippen LogP contribution in [-0.4, -0.2) is 49.3 Å². The quantitative estimate of drug-likeness (QED) is 0.810. The van der Waals surface area contributed by atoms with E-state index < -0.39 is 0 Å². The molecule has 0 spiro atoms. The molecule has 3 heterocycles. The number of aryl methyl sites for hydroxylation is 1. The Morgan fingerprint density at radius 1 is 1.12 bits per heavy atom. The molecule has 25 heavy (non-hydrogen) atoms. The number of fused-ring (bicyclic) bond motifs is 1. The molecule has 0 bridgehead atoms. The second kappa shape index (κ2) is 7.44. The van der Waals surface area contributed by atoms with Crippen LogP contribution in [0.25, 0.3) is 10.1 Å². The molecule has 0 saturated carbocycles. The first-order valence-electron chi connectivity index (χ1n) is 9.23. The second-order valence-corrected chi connectivity index (χ2v) is 8.08. The molecule has 134 valence electrons. The van der Waals surface area contributed by atoms with Crippen molar-refractivity contribution in [2.24, 2.45) is 0 Å². The average molecular weight is 359 g/mol. The van der Waals surface area contributed by atoms with Gasteiger partial charge in [-0.25, -0.2) is 0 Å². The van der Waals surface area contributed by atoms with Gasteiger partial charge in [-0.15, -0.1) is 11.3 Å². The first-order chi connectivity index (χ1) is 12.2. The van der Waals surface area contributed by atoms with Crippen molar-refractivity contribution in [3.63, 3.8) is 0 Å². The molecule has 0 radical (unpaired) electrons. The number of nitrogens with zero attached hydrogens (tertiary/aromatic N) is 1. The van der Waals surface area contributed by atoms with Crippen molar-refractivity contribution in [3.8, 4) is 0 Å². The van der Waals surface area contributed by atoms with Gasteiger partial charge in [-0.2, -0.15) is 0 Å². The molecule has 4 nitrogen and oxygen atoms in total. The molecule has 0 aliphatic carbocycles. The van der Waals surface area contributed by atoms with E-state index in [1.807, 2.05) is 17.0 Å². The summed E-state index contributed by atoms with van der Waals surface area (Å²) >= 11 is 1.60. The topological polar surface area (TPSA) is 38.8 Å². The van der Waals surface area contributed by atoms with Gasteiger partial charge in [0, 0.05) is 31.0 Å². The van der Waals surface area contributed by atoms with Crippen molar-refractivity contribution in [1.29, 1.82) is 0 Å². The Hall–Kier alpha value is -1.43. The molecule has 1 aromatic carbocycles. The van der Waals surface area contributed by atoms with Gasteiger partial charge in [-0.05, 0) is 49.6 Å². The first kappa shape index (κ1) is 17.0. The molecule has 2 atom stereocenters. The third kappa shape index (κ3) is 3.59. The second-order valence-electron chi connectivity index (χ2n) is 7.03. The number of rotatable bonds is 5. The highest BCUT2D eigenvalue weighted by molar-refractivity contribution is 7.21. The number of thiophene rings is 1. The predicted octanol–water partition coefficient (Wildman–Crippen LogP) is 4.01. The smallest absolute Gasteiger partial charge is 0.264 e. The Morgan fingerprint density at radius 3 is 2.32 bits per heavy atom. The molecule has 1 amide bonds. The maximum atomic E-state index is 13.3. The van der Waals surface area contributed by atoms with Crippen molar-refractivity contribution in [3.05, 3.63) is 34.7 Å². The summed E-state index contributed by atoms with van der Waals surface area (Å²) in [7, 11) is 0. The van der Waals surface area contributed by atoms with E-state index in [4.69, 9.17) is 9.47 Å². The highest BCUT2D eigenvalue weighted by atomic mass is 32.1. The van der Waals surface area contributed by atoms with Gasteiger partial charge in [-0.3, -0.25) is 4.79 Å². The normalized spacial score (nSPS) is 23.4. The molecular weight excluding hydrogens is 334 g/mol. The number of amides is 1. The van der Waals surface area contributed by atoms with Gasteiger partial charge in [0.1, 0.15) is 0 Å². The lowest BCUT2D eigenvalue weighted by Gasteiger charge is -2.27. The summed E-state index contributed by atoms with van der Waals surface area (Å²) in [6, 6.07) is 8.26. The Bertz CT molecular complexity index is 726. The number of benzene rings is 1. The molecule has 2 saturated heterocycles. The maximum Gasteiger partial charge on any atom is 0.264 e. The van der Waals surface area contributed by atoms with Crippen molar-refractivity contribution in [1.82, 2.24) is 4.90 Å².